The molecule has 3 rings (SSSR count). The molecule has 0 spiro atoms. The highest BCUT2D eigenvalue weighted by Gasteiger charge is 2.20. The number of benzene rings is 1. The van der Waals surface area contributed by atoms with Crippen molar-refractivity contribution >= 4 is 34.1 Å². The Labute approximate surface area is 116 Å². The lowest BCUT2D eigenvalue weighted by molar-refractivity contribution is -0.117. The largest absolute Gasteiger partial charge is 0.325 e. The molecule has 19 heavy (non-hydrogen) atoms. The van der Waals surface area contributed by atoms with Gasteiger partial charge in [-0.3, -0.25) is 9.78 Å². The molecular formula is C14H14ClN3O. The minimum absolute atomic E-state index is 0.0407. The second-order valence-electron chi connectivity index (χ2n) is 4.77. The molecule has 0 saturated carbocycles. The summed E-state index contributed by atoms with van der Waals surface area (Å²) in [4.78, 5) is 16.2. The van der Waals surface area contributed by atoms with Crippen molar-refractivity contribution in [3.05, 3.63) is 35.5 Å². The number of anilines is 1. The van der Waals surface area contributed by atoms with Crippen LogP contribution in [0.25, 0.3) is 10.9 Å². The van der Waals surface area contributed by atoms with Crippen molar-refractivity contribution in [2.75, 3.05) is 18.4 Å². The van der Waals surface area contributed by atoms with Crippen molar-refractivity contribution in [2.45, 2.75) is 6.42 Å². The van der Waals surface area contributed by atoms with Crippen LogP contribution in [0.4, 0.5) is 5.69 Å². The summed E-state index contributed by atoms with van der Waals surface area (Å²) in [6, 6.07) is 7.33. The van der Waals surface area contributed by atoms with E-state index < -0.39 is 0 Å². The van der Waals surface area contributed by atoms with Gasteiger partial charge in [0.1, 0.15) is 0 Å². The highest BCUT2D eigenvalue weighted by molar-refractivity contribution is 6.35. The molecule has 1 aromatic carbocycles. The summed E-state index contributed by atoms with van der Waals surface area (Å²) in [6.45, 7) is 1.85. The summed E-state index contributed by atoms with van der Waals surface area (Å²) >= 11 is 6.10. The number of pyridine rings is 1. The summed E-state index contributed by atoms with van der Waals surface area (Å²) in [5, 5.41) is 7.57. The maximum Gasteiger partial charge on any atom is 0.224 e. The van der Waals surface area contributed by atoms with Crippen molar-refractivity contribution in [1.82, 2.24) is 10.3 Å². The summed E-state index contributed by atoms with van der Waals surface area (Å²) < 4.78 is 0. The fourth-order valence-electron chi connectivity index (χ4n) is 2.20. The lowest BCUT2D eigenvalue weighted by Gasteiger charge is -2.26. The molecule has 1 fully saturated rings. The van der Waals surface area contributed by atoms with E-state index in [-0.39, 0.29) is 5.91 Å². The highest BCUT2D eigenvalue weighted by Crippen LogP contribution is 2.28. The lowest BCUT2D eigenvalue weighted by Crippen LogP contribution is -2.43. The van der Waals surface area contributed by atoms with E-state index in [4.69, 9.17) is 11.6 Å². The fourth-order valence-corrected chi connectivity index (χ4v) is 2.42. The van der Waals surface area contributed by atoms with Gasteiger partial charge in [0.15, 0.2) is 0 Å². The quantitative estimate of drug-likeness (QED) is 0.905. The summed E-state index contributed by atoms with van der Waals surface area (Å²) in [7, 11) is 0. The Kier molecular flexibility index (Phi) is 3.36. The van der Waals surface area contributed by atoms with Gasteiger partial charge in [0.25, 0.3) is 0 Å². The van der Waals surface area contributed by atoms with Gasteiger partial charge in [0.2, 0.25) is 5.91 Å². The Morgan fingerprint density at radius 3 is 3.00 bits per heavy atom. The van der Waals surface area contributed by atoms with E-state index in [0.717, 1.165) is 24.2 Å². The van der Waals surface area contributed by atoms with E-state index in [9.17, 15) is 4.79 Å². The van der Waals surface area contributed by atoms with Crippen molar-refractivity contribution in [3.63, 3.8) is 0 Å². The van der Waals surface area contributed by atoms with Crippen molar-refractivity contribution in [2.24, 2.45) is 5.92 Å². The zero-order valence-electron chi connectivity index (χ0n) is 10.3. The lowest BCUT2D eigenvalue weighted by atomic mass is 9.99. The van der Waals surface area contributed by atoms with Gasteiger partial charge in [0, 0.05) is 18.0 Å². The summed E-state index contributed by atoms with van der Waals surface area (Å²) in [6.07, 6.45) is 2.25. The fraction of sp³-hybridized carbons (Fsp3) is 0.286. The van der Waals surface area contributed by atoms with Gasteiger partial charge in [-0.25, -0.2) is 0 Å². The molecule has 2 aromatic rings. The molecular weight excluding hydrogens is 262 g/mol. The van der Waals surface area contributed by atoms with Crippen molar-refractivity contribution in [3.8, 4) is 0 Å². The van der Waals surface area contributed by atoms with Crippen molar-refractivity contribution in [1.29, 1.82) is 0 Å². The SMILES string of the molecule is O=C(CC1CNC1)Nc1ccc(Cl)c2ncccc12. The molecule has 2 heterocycles. The minimum atomic E-state index is 0.0407. The molecule has 4 nitrogen and oxygen atoms in total. The smallest absolute Gasteiger partial charge is 0.224 e. The van der Waals surface area contributed by atoms with Gasteiger partial charge in [0.05, 0.1) is 16.2 Å². The van der Waals surface area contributed by atoms with Crippen LogP contribution in [0.5, 0.6) is 0 Å². The number of carbonyl (C=O) groups excluding carboxylic acids is 1. The summed E-state index contributed by atoms with van der Waals surface area (Å²) in [5.41, 5.74) is 1.48. The molecule has 0 aliphatic carbocycles. The third-order valence-electron chi connectivity index (χ3n) is 3.33. The van der Waals surface area contributed by atoms with E-state index in [1.165, 1.54) is 0 Å². The van der Waals surface area contributed by atoms with E-state index in [1.807, 2.05) is 18.2 Å². The predicted molar refractivity (Wildman–Crippen MR) is 76.4 cm³/mol. The number of nitrogens with one attached hydrogen (secondary N) is 2. The molecule has 98 valence electrons. The number of hydrogen-bond donors (Lipinski definition) is 2. The number of fused-ring (bicyclic) bond motifs is 1. The number of carbonyl (C=O) groups is 1. The summed E-state index contributed by atoms with van der Waals surface area (Å²) in [5.74, 6) is 0.496. The van der Waals surface area contributed by atoms with E-state index >= 15 is 0 Å². The molecule has 2 N–H and O–H groups in total. The molecule has 0 bridgehead atoms. The minimum Gasteiger partial charge on any atom is -0.325 e. The second-order valence-corrected chi connectivity index (χ2v) is 5.18. The molecule has 0 atom stereocenters. The van der Waals surface area contributed by atoms with Crippen LogP contribution in [0.1, 0.15) is 6.42 Å². The molecule has 1 aromatic heterocycles. The van der Waals surface area contributed by atoms with Crippen LogP contribution >= 0.6 is 11.6 Å². The van der Waals surface area contributed by atoms with Crippen LogP contribution in [0.3, 0.4) is 0 Å². The first-order valence-electron chi connectivity index (χ1n) is 6.28. The number of hydrogen-bond acceptors (Lipinski definition) is 3. The number of rotatable bonds is 3. The Morgan fingerprint density at radius 2 is 2.26 bits per heavy atom. The van der Waals surface area contributed by atoms with Gasteiger partial charge in [-0.1, -0.05) is 11.6 Å². The molecule has 1 aliphatic rings. The number of amides is 1. The second kappa shape index (κ2) is 5.15. The van der Waals surface area contributed by atoms with Crippen molar-refractivity contribution < 1.29 is 4.79 Å². The van der Waals surface area contributed by atoms with Crippen LogP contribution in [-0.2, 0) is 4.79 Å². The van der Waals surface area contributed by atoms with Gasteiger partial charge < -0.3 is 10.6 Å². The van der Waals surface area contributed by atoms with Crippen LogP contribution in [-0.4, -0.2) is 24.0 Å². The molecule has 0 radical (unpaired) electrons. The standard InChI is InChI=1S/C14H14ClN3O/c15-11-3-4-12(10-2-1-5-17-14(10)11)18-13(19)6-9-7-16-8-9/h1-5,9,16H,6-8H2,(H,18,19). The van der Waals surface area contributed by atoms with Crippen LogP contribution < -0.4 is 10.6 Å². The first kappa shape index (κ1) is 12.4. The molecule has 5 heteroatoms. The first-order valence-corrected chi connectivity index (χ1v) is 6.65. The van der Waals surface area contributed by atoms with E-state index in [1.54, 1.807) is 12.3 Å². The number of halogens is 1. The van der Waals surface area contributed by atoms with Gasteiger partial charge in [-0.2, -0.15) is 0 Å². The average molecular weight is 276 g/mol. The topological polar surface area (TPSA) is 54.0 Å². The average Bonchev–Trinajstić information content (AvgIpc) is 2.38. The number of nitrogens with zero attached hydrogens (tertiary/aromatic N) is 1. The van der Waals surface area contributed by atoms with E-state index in [2.05, 4.69) is 15.6 Å². The molecule has 1 amide bonds. The normalized spacial score (nSPS) is 15.2. The molecule has 1 aliphatic heterocycles. The maximum atomic E-state index is 12.0. The Bertz CT molecular complexity index is 625. The van der Waals surface area contributed by atoms with Crippen LogP contribution in [0.2, 0.25) is 5.02 Å². The maximum absolute atomic E-state index is 12.0. The first-order chi connectivity index (χ1) is 9.24. The highest BCUT2D eigenvalue weighted by atomic mass is 35.5. The Hall–Kier alpha value is -1.65. The van der Waals surface area contributed by atoms with Crippen LogP contribution in [0, 0.1) is 5.92 Å². The number of aromatic nitrogens is 1. The molecule has 0 unspecified atom stereocenters. The zero-order chi connectivity index (χ0) is 13.2. The third kappa shape index (κ3) is 2.55. The molecule has 1 saturated heterocycles. The van der Waals surface area contributed by atoms with Crippen LogP contribution in [0.15, 0.2) is 30.5 Å². The van der Waals surface area contributed by atoms with Gasteiger partial charge in [-0.15, -0.1) is 0 Å². The van der Waals surface area contributed by atoms with E-state index in [0.29, 0.717) is 22.9 Å². The predicted octanol–water partition coefficient (Wildman–Crippen LogP) is 2.44. The third-order valence-corrected chi connectivity index (χ3v) is 3.64. The van der Waals surface area contributed by atoms with Gasteiger partial charge in [-0.05, 0) is 43.3 Å². The Morgan fingerprint density at radius 1 is 1.42 bits per heavy atom. The van der Waals surface area contributed by atoms with Gasteiger partial charge >= 0.3 is 0 Å². The Balaban J connectivity index is 1.84. The zero-order valence-corrected chi connectivity index (χ0v) is 11.1. The monoisotopic (exact) mass is 275 g/mol.